The molecule has 0 saturated carbocycles. The molecule has 0 aliphatic rings. The van der Waals surface area contributed by atoms with E-state index in [1.165, 1.54) is 12.1 Å². The monoisotopic (exact) mass is 237 g/mol. The Hall–Kier alpha value is -0.860. The van der Waals surface area contributed by atoms with Crippen LogP contribution in [0.25, 0.3) is 0 Å². The van der Waals surface area contributed by atoms with Gasteiger partial charge in [-0.2, -0.15) is 0 Å². The van der Waals surface area contributed by atoms with Crippen molar-refractivity contribution in [3.63, 3.8) is 0 Å². The van der Waals surface area contributed by atoms with Crippen molar-refractivity contribution in [3.05, 3.63) is 11.4 Å². The van der Waals surface area contributed by atoms with E-state index in [1.54, 1.807) is 0 Å². The van der Waals surface area contributed by atoms with Crippen LogP contribution in [0.15, 0.2) is 0 Å². The van der Waals surface area contributed by atoms with Crippen LogP contribution in [0.4, 0.5) is 0 Å². The van der Waals surface area contributed by atoms with E-state index < -0.39 is 0 Å². The number of aromatic nitrogens is 3. The predicted octanol–water partition coefficient (Wildman–Crippen LogP) is 3.67. The number of aryl methyl sites for hydroxylation is 1. The fraction of sp³-hybridized carbons (Fsp3) is 0.857. The van der Waals surface area contributed by atoms with Crippen LogP contribution in [0.5, 0.6) is 0 Å². The van der Waals surface area contributed by atoms with Crippen molar-refractivity contribution in [2.75, 3.05) is 0 Å². The molecule has 17 heavy (non-hydrogen) atoms. The fourth-order valence-corrected chi connectivity index (χ4v) is 2.03. The van der Waals surface area contributed by atoms with Gasteiger partial charge >= 0.3 is 0 Å². The SMILES string of the molecule is CCCCn1nnc(C(C)(C)C)c1C(C)(C)C. The Balaban J connectivity index is 3.21. The van der Waals surface area contributed by atoms with Gasteiger partial charge < -0.3 is 0 Å². The molecule has 0 radical (unpaired) electrons. The first kappa shape index (κ1) is 14.2. The highest BCUT2D eigenvalue weighted by atomic mass is 15.4. The molecule has 0 fully saturated rings. The minimum Gasteiger partial charge on any atom is -0.249 e. The summed E-state index contributed by atoms with van der Waals surface area (Å²) in [4.78, 5) is 0. The molecule has 0 unspecified atom stereocenters. The summed E-state index contributed by atoms with van der Waals surface area (Å²) >= 11 is 0. The van der Waals surface area contributed by atoms with Crippen LogP contribution >= 0.6 is 0 Å². The van der Waals surface area contributed by atoms with E-state index in [4.69, 9.17) is 0 Å². The average molecular weight is 237 g/mol. The molecule has 0 aliphatic carbocycles. The lowest BCUT2D eigenvalue weighted by Gasteiger charge is -2.26. The van der Waals surface area contributed by atoms with Crippen LogP contribution in [-0.4, -0.2) is 15.0 Å². The van der Waals surface area contributed by atoms with Gasteiger partial charge in [0.1, 0.15) is 0 Å². The Bertz CT molecular complexity index is 364. The zero-order valence-corrected chi connectivity index (χ0v) is 12.5. The first-order valence-corrected chi connectivity index (χ1v) is 6.62. The number of hydrogen-bond acceptors (Lipinski definition) is 2. The molecule has 1 heterocycles. The standard InChI is InChI=1S/C14H27N3/c1-8-9-10-17-12(14(5,6)7)11(15-16-17)13(2,3)4/h8-10H2,1-7H3. The van der Waals surface area contributed by atoms with E-state index in [1.807, 2.05) is 0 Å². The van der Waals surface area contributed by atoms with Gasteiger partial charge in [-0.25, -0.2) is 4.68 Å². The van der Waals surface area contributed by atoms with Crippen molar-refractivity contribution in [1.29, 1.82) is 0 Å². The quantitative estimate of drug-likeness (QED) is 0.803. The highest BCUT2D eigenvalue weighted by molar-refractivity contribution is 5.25. The maximum absolute atomic E-state index is 4.42. The van der Waals surface area contributed by atoms with Crippen molar-refractivity contribution in [2.24, 2.45) is 0 Å². The summed E-state index contributed by atoms with van der Waals surface area (Å²) in [6.07, 6.45) is 2.35. The molecule has 98 valence electrons. The Morgan fingerprint density at radius 3 is 2.00 bits per heavy atom. The maximum Gasteiger partial charge on any atom is 0.0917 e. The Kier molecular flexibility index (Phi) is 4.00. The van der Waals surface area contributed by atoms with Crippen LogP contribution in [0, 0.1) is 0 Å². The second kappa shape index (κ2) is 4.79. The number of nitrogens with zero attached hydrogens (tertiary/aromatic N) is 3. The summed E-state index contributed by atoms with van der Waals surface area (Å²) in [7, 11) is 0. The molecule has 1 aromatic rings. The van der Waals surface area contributed by atoms with Gasteiger partial charge in [0.05, 0.1) is 11.4 Å². The van der Waals surface area contributed by atoms with Gasteiger partial charge in [-0.15, -0.1) is 5.10 Å². The first-order valence-electron chi connectivity index (χ1n) is 6.62. The molecule has 0 saturated heterocycles. The largest absolute Gasteiger partial charge is 0.249 e. The van der Waals surface area contributed by atoms with Crippen molar-refractivity contribution in [1.82, 2.24) is 15.0 Å². The summed E-state index contributed by atoms with van der Waals surface area (Å²) in [5, 5.41) is 8.77. The van der Waals surface area contributed by atoms with Gasteiger partial charge in [0.15, 0.2) is 0 Å². The number of unbranched alkanes of at least 4 members (excludes halogenated alkanes) is 1. The third-order valence-corrected chi connectivity index (χ3v) is 2.88. The molecule has 0 bridgehead atoms. The Labute approximate surface area is 106 Å². The molecule has 1 aromatic heterocycles. The van der Waals surface area contributed by atoms with Gasteiger partial charge in [0.2, 0.25) is 0 Å². The molecule has 3 heteroatoms. The first-order chi connectivity index (χ1) is 7.68. The van der Waals surface area contributed by atoms with Crippen LogP contribution < -0.4 is 0 Å². The summed E-state index contributed by atoms with van der Waals surface area (Å²) in [5.41, 5.74) is 2.59. The Morgan fingerprint density at radius 2 is 1.59 bits per heavy atom. The van der Waals surface area contributed by atoms with Crippen molar-refractivity contribution < 1.29 is 0 Å². The second-order valence-electron chi connectivity index (χ2n) is 6.86. The lowest BCUT2D eigenvalue weighted by Crippen LogP contribution is -2.25. The van der Waals surface area contributed by atoms with Crippen molar-refractivity contribution in [3.8, 4) is 0 Å². The molecule has 3 nitrogen and oxygen atoms in total. The summed E-state index contributed by atoms with van der Waals surface area (Å²) in [6, 6.07) is 0. The van der Waals surface area contributed by atoms with Crippen LogP contribution in [0.2, 0.25) is 0 Å². The summed E-state index contributed by atoms with van der Waals surface area (Å²) in [5.74, 6) is 0. The zero-order valence-electron chi connectivity index (χ0n) is 12.5. The molecular formula is C14H27N3. The molecule has 0 N–H and O–H groups in total. The van der Waals surface area contributed by atoms with E-state index in [-0.39, 0.29) is 10.8 Å². The lowest BCUT2D eigenvalue weighted by molar-refractivity contribution is 0.455. The topological polar surface area (TPSA) is 30.7 Å². The number of rotatable bonds is 3. The summed E-state index contributed by atoms with van der Waals surface area (Å²) in [6.45, 7) is 16.5. The van der Waals surface area contributed by atoms with E-state index in [0.717, 1.165) is 18.7 Å². The van der Waals surface area contributed by atoms with E-state index in [2.05, 4.69) is 63.5 Å². The van der Waals surface area contributed by atoms with Crippen LogP contribution in [0.1, 0.15) is 72.7 Å². The van der Waals surface area contributed by atoms with Gasteiger partial charge in [-0.3, -0.25) is 0 Å². The van der Waals surface area contributed by atoms with Gasteiger partial charge in [-0.1, -0.05) is 60.1 Å². The molecule has 0 atom stereocenters. The predicted molar refractivity (Wildman–Crippen MR) is 72.3 cm³/mol. The highest BCUT2D eigenvalue weighted by Gasteiger charge is 2.31. The normalized spacial score (nSPS) is 13.1. The van der Waals surface area contributed by atoms with Crippen LogP contribution in [0.3, 0.4) is 0 Å². The van der Waals surface area contributed by atoms with Crippen LogP contribution in [-0.2, 0) is 17.4 Å². The molecule has 1 rings (SSSR count). The van der Waals surface area contributed by atoms with E-state index in [9.17, 15) is 0 Å². The second-order valence-corrected chi connectivity index (χ2v) is 6.86. The zero-order chi connectivity index (χ0) is 13.3. The lowest BCUT2D eigenvalue weighted by atomic mass is 9.82. The summed E-state index contributed by atoms with van der Waals surface area (Å²) < 4.78 is 2.10. The van der Waals surface area contributed by atoms with Gasteiger partial charge in [-0.05, 0) is 6.42 Å². The maximum atomic E-state index is 4.42. The Morgan fingerprint density at radius 1 is 1.00 bits per heavy atom. The van der Waals surface area contributed by atoms with Crippen molar-refractivity contribution in [2.45, 2.75) is 78.7 Å². The van der Waals surface area contributed by atoms with Crippen molar-refractivity contribution >= 4 is 0 Å². The molecule has 0 amide bonds. The van der Waals surface area contributed by atoms with E-state index >= 15 is 0 Å². The number of hydrogen-bond donors (Lipinski definition) is 0. The van der Waals surface area contributed by atoms with Gasteiger partial charge in [0, 0.05) is 17.4 Å². The molecular weight excluding hydrogens is 210 g/mol. The van der Waals surface area contributed by atoms with Gasteiger partial charge in [0.25, 0.3) is 0 Å². The average Bonchev–Trinajstić information content (AvgIpc) is 2.56. The molecule has 0 spiro atoms. The molecule has 0 aliphatic heterocycles. The third kappa shape index (κ3) is 3.30. The van der Waals surface area contributed by atoms with E-state index in [0.29, 0.717) is 0 Å². The highest BCUT2D eigenvalue weighted by Crippen LogP contribution is 2.32. The fourth-order valence-electron chi connectivity index (χ4n) is 2.03. The molecule has 0 aromatic carbocycles. The minimum absolute atomic E-state index is 0.0626. The smallest absolute Gasteiger partial charge is 0.0917 e. The minimum atomic E-state index is 0.0626. The third-order valence-electron chi connectivity index (χ3n) is 2.88.